The average Bonchev–Trinajstić information content (AvgIpc) is 3.12. The summed E-state index contributed by atoms with van der Waals surface area (Å²) in [6.45, 7) is 2.00. The van der Waals surface area contributed by atoms with Crippen LogP contribution in [0.2, 0.25) is 5.02 Å². The second-order valence-corrected chi connectivity index (χ2v) is 6.77. The third-order valence-electron chi connectivity index (χ3n) is 4.36. The summed E-state index contributed by atoms with van der Waals surface area (Å²) in [6, 6.07) is 18.0. The van der Waals surface area contributed by atoms with Gasteiger partial charge < -0.3 is 14.5 Å². The number of nitrogens with zero attached hydrogens (tertiary/aromatic N) is 1. The van der Waals surface area contributed by atoms with Crippen LogP contribution in [0.3, 0.4) is 0 Å². The maximum Gasteiger partial charge on any atom is 0.255 e. The predicted molar refractivity (Wildman–Crippen MR) is 110 cm³/mol. The van der Waals surface area contributed by atoms with Crippen molar-refractivity contribution < 1.29 is 13.9 Å². The fourth-order valence-electron chi connectivity index (χ4n) is 2.85. The van der Waals surface area contributed by atoms with E-state index in [1.54, 1.807) is 43.5 Å². The minimum absolute atomic E-state index is 0.255. The number of ether oxygens (including phenoxy) is 1. The van der Waals surface area contributed by atoms with Crippen LogP contribution in [0.15, 0.2) is 65.1 Å². The van der Waals surface area contributed by atoms with Crippen LogP contribution in [0.4, 0.5) is 5.69 Å². The van der Waals surface area contributed by atoms with Crippen LogP contribution in [0.25, 0.3) is 22.6 Å². The number of benzene rings is 3. The molecule has 0 atom stereocenters. The Balaban J connectivity index is 1.57. The zero-order valence-electron chi connectivity index (χ0n) is 15.3. The summed E-state index contributed by atoms with van der Waals surface area (Å²) in [5.74, 6) is 0.914. The molecule has 0 bridgehead atoms. The van der Waals surface area contributed by atoms with E-state index in [0.29, 0.717) is 33.5 Å². The number of halogens is 1. The zero-order chi connectivity index (χ0) is 19.7. The molecule has 4 rings (SSSR count). The first-order valence-electron chi connectivity index (χ1n) is 8.66. The molecular formula is C22H17ClN2O3. The van der Waals surface area contributed by atoms with Gasteiger partial charge in [-0.15, -0.1) is 0 Å². The molecule has 28 heavy (non-hydrogen) atoms. The largest absolute Gasteiger partial charge is 0.497 e. The van der Waals surface area contributed by atoms with E-state index in [9.17, 15) is 4.79 Å². The fourth-order valence-corrected chi connectivity index (χ4v) is 3.08. The van der Waals surface area contributed by atoms with Crippen LogP contribution >= 0.6 is 11.6 Å². The van der Waals surface area contributed by atoms with Crippen LogP contribution in [0.1, 0.15) is 15.9 Å². The molecule has 0 saturated carbocycles. The molecule has 140 valence electrons. The topological polar surface area (TPSA) is 64.4 Å². The lowest BCUT2D eigenvalue weighted by molar-refractivity contribution is 0.102. The molecule has 4 aromatic rings. The first kappa shape index (κ1) is 18.1. The first-order chi connectivity index (χ1) is 13.5. The number of rotatable bonds is 4. The molecule has 3 aromatic carbocycles. The Morgan fingerprint density at radius 2 is 1.86 bits per heavy atom. The Morgan fingerprint density at radius 3 is 2.57 bits per heavy atom. The van der Waals surface area contributed by atoms with E-state index in [2.05, 4.69) is 10.3 Å². The molecule has 6 heteroatoms. The van der Waals surface area contributed by atoms with Gasteiger partial charge in [0.25, 0.3) is 5.91 Å². The van der Waals surface area contributed by atoms with Gasteiger partial charge in [-0.05, 0) is 67.1 Å². The zero-order valence-corrected chi connectivity index (χ0v) is 16.1. The summed E-state index contributed by atoms with van der Waals surface area (Å²) >= 11 is 6.38. The highest BCUT2D eigenvalue weighted by atomic mass is 35.5. The van der Waals surface area contributed by atoms with Gasteiger partial charge in [0.2, 0.25) is 5.89 Å². The number of aryl methyl sites for hydroxylation is 1. The van der Waals surface area contributed by atoms with E-state index in [4.69, 9.17) is 20.8 Å². The number of aromatic nitrogens is 1. The number of carbonyl (C=O) groups is 1. The molecule has 1 aromatic heterocycles. The standard InChI is InChI=1S/C22H17ClN2O3/c1-13-3-10-20-19(11-13)25-22(28-20)15-6-9-18(17(23)12-15)24-21(26)14-4-7-16(27-2)8-5-14/h3-12H,1-2H3,(H,24,26). The van der Waals surface area contributed by atoms with Crippen LogP contribution in [0.5, 0.6) is 5.75 Å². The summed E-state index contributed by atoms with van der Waals surface area (Å²) < 4.78 is 10.9. The van der Waals surface area contributed by atoms with Crippen molar-refractivity contribution in [2.75, 3.05) is 12.4 Å². The third-order valence-corrected chi connectivity index (χ3v) is 4.67. The second-order valence-electron chi connectivity index (χ2n) is 6.37. The van der Waals surface area contributed by atoms with Crippen LogP contribution in [-0.4, -0.2) is 18.0 Å². The van der Waals surface area contributed by atoms with Gasteiger partial charge in [0.1, 0.15) is 11.3 Å². The average molecular weight is 393 g/mol. The molecule has 0 saturated heterocycles. The van der Waals surface area contributed by atoms with E-state index < -0.39 is 0 Å². The number of fused-ring (bicyclic) bond motifs is 1. The Kier molecular flexibility index (Phi) is 4.75. The normalized spacial score (nSPS) is 10.8. The third kappa shape index (κ3) is 3.57. The van der Waals surface area contributed by atoms with Gasteiger partial charge in [0, 0.05) is 11.1 Å². The summed E-state index contributed by atoms with van der Waals surface area (Å²) in [5, 5.41) is 3.21. The quantitative estimate of drug-likeness (QED) is 0.482. The molecule has 0 fully saturated rings. The number of nitrogens with one attached hydrogen (secondary N) is 1. The Morgan fingerprint density at radius 1 is 1.07 bits per heavy atom. The van der Waals surface area contributed by atoms with Gasteiger partial charge in [-0.3, -0.25) is 4.79 Å². The highest BCUT2D eigenvalue weighted by molar-refractivity contribution is 6.34. The van der Waals surface area contributed by atoms with E-state index in [-0.39, 0.29) is 5.91 Å². The lowest BCUT2D eigenvalue weighted by Crippen LogP contribution is -2.12. The Labute approximate surface area is 166 Å². The molecule has 5 nitrogen and oxygen atoms in total. The van der Waals surface area contributed by atoms with Crippen molar-refractivity contribution in [2.45, 2.75) is 6.92 Å². The summed E-state index contributed by atoms with van der Waals surface area (Å²) in [6.07, 6.45) is 0. The number of anilines is 1. The monoisotopic (exact) mass is 392 g/mol. The fraction of sp³-hybridized carbons (Fsp3) is 0.0909. The number of amides is 1. The molecule has 0 radical (unpaired) electrons. The van der Waals surface area contributed by atoms with Gasteiger partial charge in [-0.2, -0.15) is 0 Å². The molecule has 0 aliphatic carbocycles. The van der Waals surface area contributed by atoms with Crippen molar-refractivity contribution in [3.63, 3.8) is 0 Å². The molecule has 0 aliphatic heterocycles. The number of hydrogen-bond donors (Lipinski definition) is 1. The second kappa shape index (κ2) is 7.37. The summed E-state index contributed by atoms with van der Waals surface area (Å²) in [4.78, 5) is 16.9. The first-order valence-corrected chi connectivity index (χ1v) is 9.04. The SMILES string of the molecule is COc1ccc(C(=O)Nc2ccc(-c3nc4cc(C)ccc4o3)cc2Cl)cc1. The van der Waals surface area contributed by atoms with E-state index in [1.165, 1.54) is 0 Å². The van der Waals surface area contributed by atoms with Crippen molar-refractivity contribution >= 4 is 34.3 Å². The molecule has 1 heterocycles. The molecular weight excluding hydrogens is 376 g/mol. The lowest BCUT2D eigenvalue weighted by atomic mass is 10.1. The van der Waals surface area contributed by atoms with E-state index in [0.717, 1.165) is 16.6 Å². The van der Waals surface area contributed by atoms with E-state index in [1.807, 2.05) is 31.2 Å². The summed E-state index contributed by atoms with van der Waals surface area (Å²) in [7, 11) is 1.58. The minimum atomic E-state index is -0.255. The molecule has 0 aliphatic rings. The van der Waals surface area contributed by atoms with Crippen molar-refractivity contribution in [3.05, 3.63) is 76.8 Å². The van der Waals surface area contributed by atoms with Crippen LogP contribution in [0, 0.1) is 6.92 Å². The lowest BCUT2D eigenvalue weighted by Gasteiger charge is -2.08. The van der Waals surface area contributed by atoms with Gasteiger partial charge in [-0.1, -0.05) is 17.7 Å². The van der Waals surface area contributed by atoms with Crippen molar-refractivity contribution in [3.8, 4) is 17.2 Å². The van der Waals surface area contributed by atoms with Gasteiger partial charge in [-0.25, -0.2) is 4.98 Å². The van der Waals surface area contributed by atoms with Crippen molar-refractivity contribution in [1.82, 2.24) is 4.98 Å². The number of oxazole rings is 1. The molecule has 0 unspecified atom stereocenters. The Hall–Kier alpha value is -3.31. The molecule has 1 N–H and O–H groups in total. The van der Waals surface area contributed by atoms with Crippen LogP contribution < -0.4 is 10.1 Å². The van der Waals surface area contributed by atoms with E-state index >= 15 is 0 Å². The maximum absolute atomic E-state index is 12.4. The van der Waals surface area contributed by atoms with Gasteiger partial charge in [0.15, 0.2) is 5.58 Å². The highest BCUT2D eigenvalue weighted by Gasteiger charge is 2.13. The van der Waals surface area contributed by atoms with Crippen LogP contribution in [-0.2, 0) is 0 Å². The Bertz CT molecular complexity index is 1170. The number of carbonyl (C=O) groups excluding carboxylic acids is 1. The van der Waals surface area contributed by atoms with Gasteiger partial charge >= 0.3 is 0 Å². The van der Waals surface area contributed by atoms with Gasteiger partial charge in [0.05, 0.1) is 17.8 Å². The maximum atomic E-state index is 12.4. The van der Waals surface area contributed by atoms with Crippen molar-refractivity contribution in [2.24, 2.45) is 0 Å². The van der Waals surface area contributed by atoms with Crippen molar-refractivity contribution in [1.29, 1.82) is 0 Å². The highest BCUT2D eigenvalue weighted by Crippen LogP contribution is 2.31. The number of hydrogen-bond acceptors (Lipinski definition) is 4. The molecule has 1 amide bonds. The predicted octanol–water partition coefficient (Wildman–Crippen LogP) is 5.72. The minimum Gasteiger partial charge on any atom is -0.497 e. The smallest absolute Gasteiger partial charge is 0.255 e. The summed E-state index contributed by atoms with van der Waals surface area (Å²) in [5.41, 5.74) is 4.38. The number of methoxy groups -OCH3 is 1. The molecule has 0 spiro atoms.